The number of ether oxygens (including phenoxy) is 3. The van der Waals surface area contributed by atoms with Gasteiger partial charge in [-0.3, -0.25) is 0 Å². The second kappa shape index (κ2) is 5.91. The summed E-state index contributed by atoms with van der Waals surface area (Å²) in [4.78, 5) is 0. The van der Waals surface area contributed by atoms with Crippen LogP contribution in [0.4, 0.5) is 0 Å². The maximum Gasteiger partial charge on any atom is 0.187 e. The van der Waals surface area contributed by atoms with Crippen LogP contribution in [-0.2, 0) is 14.2 Å². The van der Waals surface area contributed by atoms with Crippen molar-refractivity contribution in [1.82, 2.24) is 0 Å². The Balaban J connectivity index is 1.72. The largest absolute Gasteiger partial charge is 0.394 e. The molecule has 0 amide bonds. The highest BCUT2D eigenvalue weighted by Crippen LogP contribution is 2.51. The van der Waals surface area contributed by atoms with Gasteiger partial charge in [-0.05, 0) is 46.0 Å². The Kier molecular flexibility index (Phi) is 4.51. The Morgan fingerprint density at radius 1 is 1.09 bits per heavy atom. The molecule has 0 spiro atoms. The van der Waals surface area contributed by atoms with Gasteiger partial charge in [0.15, 0.2) is 6.29 Å². The van der Waals surface area contributed by atoms with E-state index in [-0.39, 0.29) is 11.7 Å². The SMILES string of the molecule is CC1(C)OC2(C)CCC1C[C@@H]2O[C@@H]1O[C@H](CO)[C@@H](O)[C@H](O)[C@H]1O. The molecule has 4 rings (SSSR count). The van der Waals surface area contributed by atoms with Crippen molar-refractivity contribution in [3.63, 3.8) is 0 Å². The van der Waals surface area contributed by atoms with Gasteiger partial charge >= 0.3 is 0 Å². The topological polar surface area (TPSA) is 109 Å². The molecule has 0 radical (unpaired) electrons. The van der Waals surface area contributed by atoms with E-state index in [2.05, 4.69) is 13.8 Å². The fourth-order valence-electron chi connectivity index (χ4n) is 4.22. The van der Waals surface area contributed by atoms with E-state index in [9.17, 15) is 20.4 Å². The summed E-state index contributed by atoms with van der Waals surface area (Å²) in [6.45, 7) is 5.70. The Labute approximate surface area is 136 Å². The van der Waals surface area contributed by atoms with E-state index in [0.29, 0.717) is 5.92 Å². The first kappa shape index (κ1) is 17.5. The lowest BCUT2D eigenvalue weighted by Gasteiger charge is -2.58. The molecule has 0 aromatic carbocycles. The molecule has 0 aromatic heterocycles. The number of fused-ring (bicyclic) bond motifs is 3. The van der Waals surface area contributed by atoms with Crippen LogP contribution in [0.2, 0.25) is 0 Å². The van der Waals surface area contributed by atoms with Crippen LogP contribution in [0.25, 0.3) is 0 Å². The minimum atomic E-state index is -1.42. The molecule has 4 fully saturated rings. The minimum Gasteiger partial charge on any atom is -0.394 e. The van der Waals surface area contributed by atoms with Crippen molar-refractivity contribution in [2.45, 2.75) is 88.0 Å². The smallest absolute Gasteiger partial charge is 0.187 e. The third-order valence-corrected chi connectivity index (χ3v) is 5.80. The van der Waals surface area contributed by atoms with Gasteiger partial charge in [0.1, 0.15) is 24.4 Å². The molecular formula is C16H28O7. The average Bonchev–Trinajstić information content (AvgIpc) is 2.48. The van der Waals surface area contributed by atoms with E-state index in [0.717, 1.165) is 19.3 Å². The summed E-state index contributed by atoms with van der Waals surface area (Å²) in [5.41, 5.74) is -0.681. The maximum absolute atomic E-state index is 10.1. The summed E-state index contributed by atoms with van der Waals surface area (Å²) in [5.74, 6) is 0.360. The summed E-state index contributed by atoms with van der Waals surface area (Å²) < 4.78 is 17.6. The first-order valence-electron chi connectivity index (χ1n) is 8.34. The van der Waals surface area contributed by atoms with Crippen LogP contribution in [0.1, 0.15) is 40.0 Å². The predicted octanol–water partition coefficient (Wildman–Crippen LogP) is -0.461. The summed E-state index contributed by atoms with van der Waals surface area (Å²) in [7, 11) is 0. The lowest BCUT2D eigenvalue weighted by atomic mass is 9.67. The summed E-state index contributed by atoms with van der Waals surface area (Å²) in [6.07, 6.45) is -3.76. The fraction of sp³-hybridized carbons (Fsp3) is 1.00. The Bertz CT molecular complexity index is 440. The second-order valence-corrected chi connectivity index (χ2v) is 7.81. The van der Waals surface area contributed by atoms with Gasteiger partial charge in [0, 0.05) is 0 Å². The minimum absolute atomic E-state index is 0.206. The third kappa shape index (κ3) is 2.93. The van der Waals surface area contributed by atoms with Gasteiger partial charge in [0.25, 0.3) is 0 Å². The molecule has 3 heterocycles. The van der Waals surface area contributed by atoms with Crippen molar-refractivity contribution in [3.05, 3.63) is 0 Å². The molecule has 7 nitrogen and oxygen atoms in total. The van der Waals surface area contributed by atoms with Crippen molar-refractivity contribution in [2.24, 2.45) is 5.92 Å². The van der Waals surface area contributed by atoms with Gasteiger partial charge in [-0.15, -0.1) is 0 Å². The average molecular weight is 332 g/mol. The zero-order chi connectivity index (χ0) is 17.0. The molecule has 4 aliphatic rings. The molecule has 2 unspecified atom stereocenters. The van der Waals surface area contributed by atoms with Crippen LogP contribution >= 0.6 is 0 Å². The summed E-state index contributed by atoms with van der Waals surface area (Å²) >= 11 is 0. The van der Waals surface area contributed by atoms with Gasteiger partial charge < -0.3 is 34.6 Å². The van der Waals surface area contributed by atoms with Crippen LogP contribution in [0.3, 0.4) is 0 Å². The monoisotopic (exact) mass is 332 g/mol. The van der Waals surface area contributed by atoms with Gasteiger partial charge in [0.2, 0.25) is 0 Å². The van der Waals surface area contributed by atoms with Crippen LogP contribution in [0.15, 0.2) is 0 Å². The molecule has 4 N–H and O–H groups in total. The van der Waals surface area contributed by atoms with Crippen molar-refractivity contribution in [1.29, 1.82) is 0 Å². The van der Waals surface area contributed by atoms with Crippen LogP contribution in [0, 0.1) is 5.92 Å². The molecule has 1 aliphatic carbocycles. The molecule has 3 aliphatic heterocycles. The Hall–Kier alpha value is -0.280. The van der Waals surface area contributed by atoms with E-state index in [1.54, 1.807) is 0 Å². The van der Waals surface area contributed by atoms with Gasteiger partial charge in [-0.1, -0.05) is 0 Å². The summed E-state index contributed by atoms with van der Waals surface area (Å²) in [6, 6.07) is 0. The lowest BCUT2D eigenvalue weighted by molar-refractivity contribution is -0.353. The number of hydrogen-bond donors (Lipinski definition) is 4. The zero-order valence-electron chi connectivity index (χ0n) is 13.9. The van der Waals surface area contributed by atoms with Crippen LogP contribution < -0.4 is 0 Å². The molecule has 7 heteroatoms. The standard InChI is InChI=1S/C16H28O7/c1-15(2)8-4-5-16(3,23-15)10(6-8)22-14-13(20)12(19)11(18)9(7-17)21-14/h8-14,17-20H,4-7H2,1-3H3/t8?,9-,10+,11-,12+,13-,14+,16?/m1/s1. The van der Waals surface area contributed by atoms with E-state index in [1.165, 1.54) is 0 Å². The fourth-order valence-corrected chi connectivity index (χ4v) is 4.22. The number of hydrogen-bond acceptors (Lipinski definition) is 7. The van der Waals surface area contributed by atoms with Gasteiger partial charge in [-0.25, -0.2) is 0 Å². The molecule has 0 aromatic rings. The number of aliphatic hydroxyl groups is 4. The van der Waals surface area contributed by atoms with Crippen LogP contribution in [0.5, 0.6) is 0 Å². The second-order valence-electron chi connectivity index (χ2n) is 7.81. The molecular weight excluding hydrogens is 304 g/mol. The van der Waals surface area contributed by atoms with E-state index < -0.39 is 42.9 Å². The van der Waals surface area contributed by atoms with Gasteiger partial charge in [0.05, 0.1) is 23.9 Å². The first-order valence-corrected chi connectivity index (χ1v) is 8.34. The Morgan fingerprint density at radius 2 is 1.78 bits per heavy atom. The van der Waals surface area contributed by atoms with E-state index in [4.69, 9.17) is 14.2 Å². The number of aliphatic hydroxyl groups excluding tert-OH is 4. The number of rotatable bonds is 3. The van der Waals surface area contributed by atoms with E-state index >= 15 is 0 Å². The zero-order valence-corrected chi connectivity index (χ0v) is 13.9. The van der Waals surface area contributed by atoms with Crippen LogP contribution in [-0.4, -0.2) is 75.0 Å². The highest BCUT2D eigenvalue weighted by atomic mass is 16.7. The Morgan fingerprint density at radius 3 is 2.35 bits per heavy atom. The molecule has 8 atom stereocenters. The van der Waals surface area contributed by atoms with Crippen molar-refractivity contribution >= 4 is 0 Å². The van der Waals surface area contributed by atoms with Crippen molar-refractivity contribution < 1.29 is 34.6 Å². The summed E-state index contributed by atoms with van der Waals surface area (Å²) in [5, 5.41) is 39.1. The molecule has 23 heavy (non-hydrogen) atoms. The maximum atomic E-state index is 10.1. The third-order valence-electron chi connectivity index (χ3n) is 5.80. The molecule has 2 bridgehead atoms. The molecule has 134 valence electrons. The molecule has 3 saturated heterocycles. The lowest BCUT2D eigenvalue weighted by Crippen LogP contribution is -2.65. The molecule has 1 saturated carbocycles. The van der Waals surface area contributed by atoms with Crippen molar-refractivity contribution in [3.8, 4) is 0 Å². The first-order chi connectivity index (χ1) is 10.7. The predicted molar refractivity (Wildman–Crippen MR) is 79.6 cm³/mol. The van der Waals surface area contributed by atoms with Crippen molar-refractivity contribution in [2.75, 3.05) is 6.61 Å². The highest BCUT2D eigenvalue weighted by Gasteiger charge is 2.56. The van der Waals surface area contributed by atoms with Gasteiger partial charge in [-0.2, -0.15) is 0 Å². The normalized spacial score (nSPS) is 52.6. The van der Waals surface area contributed by atoms with E-state index in [1.807, 2.05) is 6.92 Å². The quantitative estimate of drug-likeness (QED) is 0.554. The highest BCUT2D eigenvalue weighted by molar-refractivity contribution is 5.04.